The first-order chi connectivity index (χ1) is 9.16. The highest BCUT2D eigenvalue weighted by molar-refractivity contribution is 6.31. The smallest absolute Gasteiger partial charge is 0.162 e. The summed E-state index contributed by atoms with van der Waals surface area (Å²) in [6.07, 6.45) is 2.24. The van der Waals surface area contributed by atoms with Crippen molar-refractivity contribution in [1.82, 2.24) is 0 Å². The molecular formula is C17H17ClO. The van der Waals surface area contributed by atoms with Gasteiger partial charge in [-0.05, 0) is 31.4 Å². The molecule has 2 aromatic carbocycles. The maximum absolute atomic E-state index is 12.0. The molecule has 0 aliphatic rings. The Hall–Kier alpha value is -1.60. The molecule has 2 aromatic rings. The van der Waals surface area contributed by atoms with Gasteiger partial charge in [-0.2, -0.15) is 0 Å². The Kier molecular flexibility index (Phi) is 4.75. The molecule has 0 saturated carbocycles. The number of Topliss-reactive ketones (excluding diaryl/α,β-unsaturated/α-hetero) is 1. The minimum Gasteiger partial charge on any atom is -0.294 e. The number of ketones is 1. The number of benzene rings is 2. The highest BCUT2D eigenvalue weighted by Crippen LogP contribution is 2.18. The lowest BCUT2D eigenvalue weighted by Gasteiger charge is -2.04. The Bertz CT molecular complexity index is 558. The highest BCUT2D eigenvalue weighted by atomic mass is 35.5. The van der Waals surface area contributed by atoms with Crippen molar-refractivity contribution in [3.8, 4) is 0 Å². The van der Waals surface area contributed by atoms with E-state index in [2.05, 4.69) is 0 Å². The minimum atomic E-state index is 0.201. The first kappa shape index (κ1) is 13.8. The van der Waals surface area contributed by atoms with E-state index < -0.39 is 0 Å². The fraction of sp³-hybridized carbons (Fsp3) is 0.235. The van der Waals surface area contributed by atoms with Gasteiger partial charge in [-0.3, -0.25) is 4.79 Å². The summed E-state index contributed by atoms with van der Waals surface area (Å²) in [7, 11) is 0. The van der Waals surface area contributed by atoms with Crippen LogP contribution in [-0.2, 0) is 6.42 Å². The van der Waals surface area contributed by atoms with E-state index >= 15 is 0 Å². The predicted molar refractivity (Wildman–Crippen MR) is 79.9 cm³/mol. The molecule has 0 aromatic heterocycles. The molecule has 19 heavy (non-hydrogen) atoms. The Morgan fingerprint density at radius 3 is 2.42 bits per heavy atom. The molecule has 0 saturated heterocycles. The van der Waals surface area contributed by atoms with Crippen LogP contribution in [0.25, 0.3) is 0 Å². The van der Waals surface area contributed by atoms with Crippen molar-refractivity contribution in [2.24, 2.45) is 0 Å². The summed E-state index contributed by atoms with van der Waals surface area (Å²) in [5.41, 5.74) is 3.08. The van der Waals surface area contributed by atoms with Crippen LogP contribution in [0.2, 0.25) is 5.02 Å². The third-order valence-electron chi connectivity index (χ3n) is 3.18. The van der Waals surface area contributed by atoms with Gasteiger partial charge in [0.1, 0.15) is 0 Å². The maximum atomic E-state index is 12.0. The van der Waals surface area contributed by atoms with E-state index in [1.807, 2.05) is 55.5 Å². The zero-order chi connectivity index (χ0) is 13.7. The van der Waals surface area contributed by atoms with Gasteiger partial charge in [-0.1, -0.05) is 59.6 Å². The second-order valence-electron chi connectivity index (χ2n) is 4.73. The fourth-order valence-electron chi connectivity index (χ4n) is 2.02. The first-order valence-electron chi connectivity index (χ1n) is 6.50. The summed E-state index contributed by atoms with van der Waals surface area (Å²) in [4.78, 5) is 12.0. The summed E-state index contributed by atoms with van der Waals surface area (Å²) in [6, 6.07) is 15.5. The number of hydrogen-bond donors (Lipinski definition) is 0. The average molecular weight is 273 g/mol. The lowest BCUT2D eigenvalue weighted by atomic mass is 10.0. The first-order valence-corrected chi connectivity index (χ1v) is 6.88. The van der Waals surface area contributed by atoms with Crippen LogP contribution in [0.15, 0.2) is 48.5 Å². The molecule has 2 heteroatoms. The van der Waals surface area contributed by atoms with E-state index in [-0.39, 0.29) is 5.78 Å². The van der Waals surface area contributed by atoms with Crippen molar-refractivity contribution >= 4 is 17.4 Å². The Morgan fingerprint density at radius 1 is 1.05 bits per heavy atom. The highest BCUT2D eigenvalue weighted by Gasteiger charge is 2.06. The molecule has 0 bridgehead atoms. The summed E-state index contributed by atoms with van der Waals surface area (Å²) in [5, 5.41) is 0.783. The normalized spacial score (nSPS) is 10.4. The number of halogens is 1. The molecular weight excluding hydrogens is 256 g/mol. The van der Waals surface area contributed by atoms with Gasteiger partial charge in [-0.15, -0.1) is 0 Å². The molecule has 2 rings (SSSR count). The van der Waals surface area contributed by atoms with Crippen molar-refractivity contribution in [1.29, 1.82) is 0 Å². The largest absolute Gasteiger partial charge is 0.294 e. The van der Waals surface area contributed by atoms with Crippen LogP contribution in [0, 0.1) is 6.92 Å². The molecule has 0 amide bonds. The second-order valence-corrected chi connectivity index (χ2v) is 5.14. The Balaban J connectivity index is 1.88. The number of aryl methyl sites for hydroxylation is 2. The Labute approximate surface area is 119 Å². The van der Waals surface area contributed by atoms with Crippen LogP contribution in [-0.4, -0.2) is 5.78 Å². The van der Waals surface area contributed by atoms with Gasteiger partial charge in [0.25, 0.3) is 0 Å². The van der Waals surface area contributed by atoms with Gasteiger partial charge in [0.15, 0.2) is 5.78 Å². The third kappa shape index (κ3) is 3.93. The number of rotatable bonds is 5. The van der Waals surface area contributed by atoms with Crippen LogP contribution < -0.4 is 0 Å². The quantitative estimate of drug-likeness (QED) is 0.711. The minimum absolute atomic E-state index is 0.201. The third-order valence-corrected chi connectivity index (χ3v) is 3.55. The number of hydrogen-bond acceptors (Lipinski definition) is 1. The van der Waals surface area contributed by atoms with Crippen LogP contribution >= 0.6 is 11.6 Å². The Morgan fingerprint density at radius 2 is 1.74 bits per heavy atom. The van der Waals surface area contributed by atoms with Crippen molar-refractivity contribution in [2.75, 3.05) is 0 Å². The van der Waals surface area contributed by atoms with Crippen molar-refractivity contribution in [3.63, 3.8) is 0 Å². The van der Waals surface area contributed by atoms with Gasteiger partial charge in [0.2, 0.25) is 0 Å². The van der Waals surface area contributed by atoms with Crippen LogP contribution in [0.5, 0.6) is 0 Å². The van der Waals surface area contributed by atoms with Crippen molar-refractivity contribution < 1.29 is 4.79 Å². The molecule has 0 aliphatic carbocycles. The topological polar surface area (TPSA) is 17.1 Å². The van der Waals surface area contributed by atoms with Gasteiger partial charge < -0.3 is 0 Å². The summed E-state index contributed by atoms with van der Waals surface area (Å²) < 4.78 is 0. The lowest BCUT2D eigenvalue weighted by molar-refractivity contribution is 0.0980. The zero-order valence-electron chi connectivity index (χ0n) is 11.0. The van der Waals surface area contributed by atoms with E-state index in [1.165, 1.54) is 5.56 Å². The van der Waals surface area contributed by atoms with E-state index in [0.717, 1.165) is 29.0 Å². The van der Waals surface area contributed by atoms with Gasteiger partial charge in [0, 0.05) is 17.0 Å². The fourth-order valence-corrected chi connectivity index (χ4v) is 2.25. The predicted octanol–water partition coefficient (Wildman–Crippen LogP) is 4.85. The molecule has 0 atom stereocenters. The summed E-state index contributed by atoms with van der Waals surface area (Å²) in [5.74, 6) is 0.201. The SMILES string of the molecule is Cc1ccc(C(=O)CCCc2ccccc2Cl)cc1. The van der Waals surface area contributed by atoms with Crippen LogP contribution in [0.4, 0.5) is 0 Å². The van der Waals surface area contributed by atoms with Gasteiger partial charge >= 0.3 is 0 Å². The zero-order valence-corrected chi connectivity index (χ0v) is 11.8. The molecule has 98 valence electrons. The molecule has 0 aliphatic heterocycles. The molecule has 0 heterocycles. The van der Waals surface area contributed by atoms with Gasteiger partial charge in [-0.25, -0.2) is 0 Å². The standard InChI is InChI=1S/C17H17ClO/c1-13-9-11-15(12-10-13)17(19)8-4-6-14-5-2-3-7-16(14)18/h2-3,5,7,9-12H,4,6,8H2,1H3. The van der Waals surface area contributed by atoms with Gasteiger partial charge in [0.05, 0.1) is 0 Å². The van der Waals surface area contributed by atoms with Crippen molar-refractivity contribution in [3.05, 3.63) is 70.2 Å². The van der Waals surface area contributed by atoms with Crippen molar-refractivity contribution in [2.45, 2.75) is 26.2 Å². The molecule has 0 radical (unpaired) electrons. The average Bonchev–Trinajstić information content (AvgIpc) is 2.41. The van der Waals surface area contributed by atoms with E-state index in [9.17, 15) is 4.79 Å². The molecule has 1 nitrogen and oxygen atoms in total. The van der Waals surface area contributed by atoms with E-state index in [4.69, 9.17) is 11.6 Å². The molecule has 0 N–H and O–H groups in total. The molecule has 0 unspecified atom stereocenters. The van der Waals surface area contributed by atoms with Crippen LogP contribution in [0.3, 0.4) is 0 Å². The number of carbonyl (C=O) groups is 1. The molecule has 0 fully saturated rings. The monoisotopic (exact) mass is 272 g/mol. The van der Waals surface area contributed by atoms with Crippen LogP contribution in [0.1, 0.15) is 34.3 Å². The lowest BCUT2D eigenvalue weighted by Crippen LogP contribution is -2.00. The van der Waals surface area contributed by atoms with E-state index in [1.54, 1.807) is 0 Å². The molecule has 0 spiro atoms. The maximum Gasteiger partial charge on any atom is 0.162 e. The summed E-state index contributed by atoms with van der Waals surface area (Å²) >= 11 is 6.09. The summed E-state index contributed by atoms with van der Waals surface area (Å²) in [6.45, 7) is 2.02. The number of carbonyl (C=O) groups excluding carboxylic acids is 1. The second kappa shape index (κ2) is 6.53. The van der Waals surface area contributed by atoms with E-state index in [0.29, 0.717) is 6.42 Å².